The van der Waals surface area contributed by atoms with Crippen LogP contribution in [0.4, 0.5) is 5.69 Å². The molecule has 0 aromatic heterocycles. The first-order chi connectivity index (χ1) is 10.7. The van der Waals surface area contributed by atoms with Gasteiger partial charge in [0.15, 0.2) is 0 Å². The van der Waals surface area contributed by atoms with Gasteiger partial charge < -0.3 is 0 Å². The standard InChI is InChI=1S/C21H29N/c1-4-6-7-8-17-10-12-19-20-13-16(5-2)9-11-18(20)15(3)22-21(19)14-17/h10,12-14,18,20H,4-9,11H2,1-3H3. The fourth-order valence-electron chi connectivity index (χ4n) is 4.02. The Morgan fingerprint density at radius 2 is 2.05 bits per heavy atom. The summed E-state index contributed by atoms with van der Waals surface area (Å²) in [7, 11) is 0. The van der Waals surface area contributed by atoms with Crippen LogP contribution in [0.1, 0.15) is 76.3 Å². The van der Waals surface area contributed by atoms with E-state index in [-0.39, 0.29) is 0 Å². The van der Waals surface area contributed by atoms with Gasteiger partial charge in [0.05, 0.1) is 5.69 Å². The first-order valence-electron chi connectivity index (χ1n) is 9.10. The van der Waals surface area contributed by atoms with E-state index >= 15 is 0 Å². The molecule has 0 amide bonds. The van der Waals surface area contributed by atoms with Gasteiger partial charge in [-0.1, -0.05) is 50.5 Å². The predicted molar refractivity (Wildman–Crippen MR) is 96.3 cm³/mol. The highest BCUT2D eigenvalue weighted by Crippen LogP contribution is 2.45. The van der Waals surface area contributed by atoms with Crippen LogP contribution in [0, 0.1) is 5.92 Å². The highest BCUT2D eigenvalue weighted by Gasteiger charge is 2.32. The van der Waals surface area contributed by atoms with Gasteiger partial charge >= 0.3 is 0 Å². The lowest BCUT2D eigenvalue weighted by molar-refractivity contribution is 0.521. The van der Waals surface area contributed by atoms with Crippen LogP contribution >= 0.6 is 0 Å². The Balaban J connectivity index is 1.89. The van der Waals surface area contributed by atoms with Gasteiger partial charge in [0, 0.05) is 17.5 Å². The fourth-order valence-corrected chi connectivity index (χ4v) is 4.02. The molecule has 1 aromatic rings. The fraction of sp³-hybridized carbons (Fsp3) is 0.571. The van der Waals surface area contributed by atoms with Crippen molar-refractivity contribution in [2.45, 2.75) is 71.6 Å². The van der Waals surface area contributed by atoms with Crippen molar-refractivity contribution in [3.8, 4) is 0 Å². The number of nitrogens with zero attached hydrogens (tertiary/aromatic N) is 1. The summed E-state index contributed by atoms with van der Waals surface area (Å²) in [4.78, 5) is 4.96. The number of fused-ring (bicyclic) bond motifs is 3. The molecule has 0 N–H and O–H groups in total. The van der Waals surface area contributed by atoms with Crippen molar-refractivity contribution in [2.75, 3.05) is 0 Å². The smallest absolute Gasteiger partial charge is 0.0669 e. The van der Waals surface area contributed by atoms with Gasteiger partial charge in [0.25, 0.3) is 0 Å². The minimum Gasteiger partial charge on any atom is -0.257 e. The van der Waals surface area contributed by atoms with Gasteiger partial charge in [-0.25, -0.2) is 0 Å². The van der Waals surface area contributed by atoms with Crippen LogP contribution in [0.25, 0.3) is 0 Å². The molecular formula is C21H29N. The van der Waals surface area contributed by atoms with Gasteiger partial charge in [-0.2, -0.15) is 0 Å². The van der Waals surface area contributed by atoms with Crippen LogP contribution in [-0.2, 0) is 6.42 Å². The Kier molecular flexibility index (Phi) is 4.81. The molecule has 3 rings (SSSR count). The third-order valence-corrected chi connectivity index (χ3v) is 5.44. The molecule has 1 aliphatic carbocycles. The normalized spacial score (nSPS) is 23.4. The molecule has 22 heavy (non-hydrogen) atoms. The molecule has 0 radical (unpaired) electrons. The van der Waals surface area contributed by atoms with E-state index in [0.29, 0.717) is 11.8 Å². The lowest BCUT2D eigenvalue weighted by atomic mass is 9.72. The van der Waals surface area contributed by atoms with E-state index in [1.165, 1.54) is 67.5 Å². The second-order valence-electron chi connectivity index (χ2n) is 6.95. The molecule has 1 heterocycles. The van der Waals surface area contributed by atoms with Crippen molar-refractivity contribution in [1.29, 1.82) is 0 Å². The van der Waals surface area contributed by atoms with E-state index < -0.39 is 0 Å². The number of allylic oxidation sites excluding steroid dienone is 2. The van der Waals surface area contributed by atoms with Gasteiger partial charge in [-0.05, 0) is 56.2 Å². The zero-order chi connectivity index (χ0) is 15.5. The highest BCUT2D eigenvalue weighted by molar-refractivity contribution is 5.91. The molecule has 0 saturated carbocycles. The third kappa shape index (κ3) is 3.04. The Bertz CT molecular complexity index is 594. The molecule has 118 valence electrons. The monoisotopic (exact) mass is 295 g/mol. The number of hydrogen-bond donors (Lipinski definition) is 0. The van der Waals surface area contributed by atoms with Gasteiger partial charge in [0.2, 0.25) is 0 Å². The van der Waals surface area contributed by atoms with Crippen molar-refractivity contribution < 1.29 is 0 Å². The number of aliphatic imine (C=N–C) groups is 1. The molecule has 0 spiro atoms. The van der Waals surface area contributed by atoms with E-state index in [1.54, 1.807) is 5.57 Å². The van der Waals surface area contributed by atoms with E-state index in [2.05, 4.69) is 45.0 Å². The largest absolute Gasteiger partial charge is 0.257 e. The summed E-state index contributed by atoms with van der Waals surface area (Å²) in [5.74, 6) is 1.20. The lowest BCUT2D eigenvalue weighted by Gasteiger charge is -2.34. The molecule has 1 aliphatic heterocycles. The summed E-state index contributed by atoms with van der Waals surface area (Å²) in [6.07, 6.45) is 11.4. The SMILES string of the molecule is CCCCCc1ccc2c(c1)N=C(C)C1CCC(CC)=CC21. The van der Waals surface area contributed by atoms with Crippen LogP contribution in [0.2, 0.25) is 0 Å². The van der Waals surface area contributed by atoms with Crippen molar-refractivity contribution in [2.24, 2.45) is 10.9 Å². The molecular weight excluding hydrogens is 266 g/mol. The van der Waals surface area contributed by atoms with E-state index in [4.69, 9.17) is 4.99 Å². The highest BCUT2D eigenvalue weighted by atomic mass is 14.8. The summed E-state index contributed by atoms with van der Waals surface area (Å²) < 4.78 is 0. The maximum Gasteiger partial charge on any atom is 0.0669 e. The van der Waals surface area contributed by atoms with Crippen molar-refractivity contribution in [1.82, 2.24) is 0 Å². The van der Waals surface area contributed by atoms with Gasteiger partial charge in [0.1, 0.15) is 0 Å². The van der Waals surface area contributed by atoms with Crippen LogP contribution in [-0.4, -0.2) is 5.71 Å². The quantitative estimate of drug-likeness (QED) is 0.443. The summed E-state index contributed by atoms with van der Waals surface area (Å²) in [6.45, 7) is 6.78. The average Bonchev–Trinajstić information content (AvgIpc) is 2.54. The second-order valence-corrected chi connectivity index (χ2v) is 6.95. The molecule has 2 unspecified atom stereocenters. The number of rotatable bonds is 5. The molecule has 1 heteroatoms. The minimum atomic E-state index is 0.570. The first kappa shape index (κ1) is 15.5. The van der Waals surface area contributed by atoms with E-state index in [1.807, 2.05) is 0 Å². The number of aryl methyl sites for hydroxylation is 1. The zero-order valence-corrected chi connectivity index (χ0v) is 14.4. The molecule has 1 aromatic carbocycles. The summed E-state index contributed by atoms with van der Waals surface area (Å²) in [5.41, 5.74) is 7.13. The maximum absolute atomic E-state index is 4.96. The summed E-state index contributed by atoms with van der Waals surface area (Å²) >= 11 is 0. The summed E-state index contributed by atoms with van der Waals surface area (Å²) in [6, 6.07) is 7.05. The van der Waals surface area contributed by atoms with Gasteiger partial charge in [-0.15, -0.1) is 0 Å². The summed E-state index contributed by atoms with van der Waals surface area (Å²) in [5, 5.41) is 0. The second kappa shape index (κ2) is 6.81. The van der Waals surface area contributed by atoms with E-state index in [0.717, 1.165) is 0 Å². The molecule has 0 bridgehead atoms. The number of unbranched alkanes of at least 4 members (excludes halogenated alkanes) is 2. The predicted octanol–water partition coefficient (Wildman–Crippen LogP) is 6.36. The zero-order valence-electron chi connectivity index (χ0n) is 14.4. The first-order valence-corrected chi connectivity index (χ1v) is 9.10. The minimum absolute atomic E-state index is 0.570. The molecule has 0 fully saturated rings. The Labute approximate surface area is 135 Å². The molecule has 2 aliphatic rings. The maximum atomic E-state index is 4.96. The Morgan fingerprint density at radius 1 is 1.18 bits per heavy atom. The molecule has 1 nitrogen and oxygen atoms in total. The molecule has 2 atom stereocenters. The lowest BCUT2D eigenvalue weighted by Crippen LogP contribution is -2.25. The van der Waals surface area contributed by atoms with Crippen molar-refractivity contribution >= 4 is 11.4 Å². The Morgan fingerprint density at radius 3 is 2.82 bits per heavy atom. The number of benzene rings is 1. The topological polar surface area (TPSA) is 12.4 Å². The Hall–Kier alpha value is -1.37. The van der Waals surface area contributed by atoms with Crippen LogP contribution in [0.5, 0.6) is 0 Å². The van der Waals surface area contributed by atoms with Crippen LogP contribution in [0.3, 0.4) is 0 Å². The van der Waals surface area contributed by atoms with Gasteiger partial charge in [-0.3, -0.25) is 4.99 Å². The third-order valence-electron chi connectivity index (χ3n) is 5.44. The van der Waals surface area contributed by atoms with Crippen LogP contribution < -0.4 is 0 Å². The van der Waals surface area contributed by atoms with E-state index in [9.17, 15) is 0 Å². The van der Waals surface area contributed by atoms with Crippen LogP contribution in [0.15, 0.2) is 34.8 Å². The van der Waals surface area contributed by atoms with Crippen molar-refractivity contribution in [3.05, 3.63) is 41.0 Å². The number of hydrogen-bond acceptors (Lipinski definition) is 1. The van der Waals surface area contributed by atoms with Crippen molar-refractivity contribution in [3.63, 3.8) is 0 Å². The average molecular weight is 295 g/mol. The molecule has 0 saturated heterocycles.